The van der Waals surface area contributed by atoms with Crippen LogP contribution < -0.4 is 5.73 Å². The van der Waals surface area contributed by atoms with Gasteiger partial charge < -0.3 is 5.73 Å². The summed E-state index contributed by atoms with van der Waals surface area (Å²) in [6.07, 6.45) is 8.71. The first-order valence-electron chi connectivity index (χ1n) is 6.68. The number of aryl methyl sites for hydroxylation is 2. The third-order valence-electron chi connectivity index (χ3n) is 3.64. The summed E-state index contributed by atoms with van der Waals surface area (Å²) in [5.41, 5.74) is 10.6. The third kappa shape index (κ3) is 2.65. The monoisotopic (exact) mass is 217 g/mol. The van der Waals surface area contributed by atoms with Gasteiger partial charge in [0.2, 0.25) is 0 Å². The summed E-state index contributed by atoms with van der Waals surface area (Å²) >= 11 is 0. The van der Waals surface area contributed by atoms with Crippen molar-refractivity contribution in [2.45, 2.75) is 57.9 Å². The highest BCUT2D eigenvalue weighted by Gasteiger charge is 2.15. The van der Waals surface area contributed by atoms with Crippen LogP contribution in [-0.4, -0.2) is 0 Å². The zero-order valence-electron chi connectivity index (χ0n) is 10.3. The van der Waals surface area contributed by atoms with E-state index in [0.29, 0.717) is 0 Å². The van der Waals surface area contributed by atoms with Gasteiger partial charge in [0.25, 0.3) is 0 Å². The molecule has 0 unspecified atom stereocenters. The first-order chi connectivity index (χ1) is 7.81. The zero-order chi connectivity index (χ0) is 11.4. The predicted octanol–water partition coefficient (Wildman–Crippen LogP) is 3.76. The largest absolute Gasteiger partial charge is 0.324 e. The van der Waals surface area contributed by atoms with Gasteiger partial charge in [0, 0.05) is 6.04 Å². The maximum absolute atomic E-state index is 6.24. The fraction of sp³-hybridized carbons (Fsp3) is 0.600. The summed E-state index contributed by atoms with van der Waals surface area (Å²) in [6.45, 7) is 2.25. The molecule has 16 heavy (non-hydrogen) atoms. The second kappa shape index (κ2) is 5.49. The number of hydrogen-bond donors (Lipinski definition) is 1. The van der Waals surface area contributed by atoms with Crippen molar-refractivity contribution in [2.75, 3.05) is 0 Å². The minimum absolute atomic E-state index is 0.277. The van der Waals surface area contributed by atoms with E-state index in [1.54, 1.807) is 0 Å². The molecule has 0 spiro atoms. The molecule has 1 aromatic rings. The summed E-state index contributed by atoms with van der Waals surface area (Å²) < 4.78 is 0. The average molecular weight is 217 g/mol. The molecule has 0 saturated carbocycles. The molecule has 0 aromatic heterocycles. The SMILES string of the molecule is CCCCc1ccc2c(c1)[C@H](N)CCCC2. The van der Waals surface area contributed by atoms with Gasteiger partial charge in [-0.05, 0) is 48.8 Å². The van der Waals surface area contributed by atoms with E-state index in [0.717, 1.165) is 6.42 Å². The maximum atomic E-state index is 6.24. The Balaban J connectivity index is 2.21. The summed E-state index contributed by atoms with van der Waals surface area (Å²) in [5, 5.41) is 0. The molecule has 0 saturated heterocycles. The normalized spacial score (nSPS) is 20.2. The minimum atomic E-state index is 0.277. The fourth-order valence-electron chi connectivity index (χ4n) is 2.59. The number of unbranched alkanes of at least 4 members (excludes halogenated alkanes) is 1. The van der Waals surface area contributed by atoms with Gasteiger partial charge in [-0.1, -0.05) is 38.0 Å². The molecule has 1 aliphatic carbocycles. The molecule has 1 atom stereocenters. The highest BCUT2D eigenvalue weighted by atomic mass is 14.6. The van der Waals surface area contributed by atoms with E-state index in [1.807, 2.05) is 0 Å². The van der Waals surface area contributed by atoms with E-state index >= 15 is 0 Å². The average Bonchev–Trinajstić information content (AvgIpc) is 2.49. The number of nitrogens with two attached hydrogens (primary N) is 1. The highest BCUT2D eigenvalue weighted by Crippen LogP contribution is 2.28. The van der Waals surface area contributed by atoms with Crippen LogP contribution in [0.5, 0.6) is 0 Å². The van der Waals surface area contributed by atoms with Crippen LogP contribution in [0.4, 0.5) is 0 Å². The molecule has 0 heterocycles. The maximum Gasteiger partial charge on any atom is 0.0297 e. The lowest BCUT2D eigenvalue weighted by atomic mass is 9.95. The molecule has 2 rings (SSSR count). The second-order valence-electron chi connectivity index (χ2n) is 4.99. The van der Waals surface area contributed by atoms with Crippen molar-refractivity contribution >= 4 is 0 Å². The Hall–Kier alpha value is -0.820. The summed E-state index contributed by atoms with van der Waals surface area (Å²) in [6, 6.07) is 7.25. The van der Waals surface area contributed by atoms with Gasteiger partial charge in [-0.15, -0.1) is 0 Å². The van der Waals surface area contributed by atoms with E-state index in [2.05, 4.69) is 25.1 Å². The topological polar surface area (TPSA) is 26.0 Å². The van der Waals surface area contributed by atoms with Crippen molar-refractivity contribution in [3.63, 3.8) is 0 Å². The van der Waals surface area contributed by atoms with Gasteiger partial charge in [-0.2, -0.15) is 0 Å². The van der Waals surface area contributed by atoms with E-state index in [9.17, 15) is 0 Å². The van der Waals surface area contributed by atoms with Crippen molar-refractivity contribution < 1.29 is 0 Å². The predicted molar refractivity (Wildman–Crippen MR) is 69.5 cm³/mol. The molecule has 0 amide bonds. The molecule has 0 fully saturated rings. The number of benzene rings is 1. The summed E-state index contributed by atoms with van der Waals surface area (Å²) in [4.78, 5) is 0. The van der Waals surface area contributed by atoms with Crippen molar-refractivity contribution in [1.82, 2.24) is 0 Å². The zero-order valence-corrected chi connectivity index (χ0v) is 10.3. The minimum Gasteiger partial charge on any atom is -0.324 e. The molecule has 88 valence electrons. The Morgan fingerprint density at radius 3 is 3.00 bits per heavy atom. The van der Waals surface area contributed by atoms with Gasteiger partial charge in [0.05, 0.1) is 0 Å². The lowest BCUT2D eigenvalue weighted by Crippen LogP contribution is -2.10. The molecule has 1 nitrogen and oxygen atoms in total. The van der Waals surface area contributed by atoms with Crippen molar-refractivity contribution in [3.8, 4) is 0 Å². The second-order valence-corrected chi connectivity index (χ2v) is 4.99. The van der Waals surface area contributed by atoms with Crippen LogP contribution in [0.25, 0.3) is 0 Å². The van der Waals surface area contributed by atoms with Gasteiger partial charge in [-0.3, -0.25) is 0 Å². The lowest BCUT2D eigenvalue weighted by Gasteiger charge is -2.14. The van der Waals surface area contributed by atoms with Gasteiger partial charge in [0.15, 0.2) is 0 Å². The van der Waals surface area contributed by atoms with Gasteiger partial charge in [0.1, 0.15) is 0 Å². The van der Waals surface area contributed by atoms with Crippen LogP contribution in [0.2, 0.25) is 0 Å². The highest BCUT2D eigenvalue weighted by molar-refractivity contribution is 5.35. The van der Waals surface area contributed by atoms with Gasteiger partial charge in [-0.25, -0.2) is 0 Å². The third-order valence-corrected chi connectivity index (χ3v) is 3.64. The summed E-state index contributed by atoms with van der Waals surface area (Å²) in [5.74, 6) is 0. The van der Waals surface area contributed by atoms with Gasteiger partial charge >= 0.3 is 0 Å². The van der Waals surface area contributed by atoms with Crippen molar-refractivity contribution in [3.05, 3.63) is 34.9 Å². The molecule has 0 bridgehead atoms. The first kappa shape index (κ1) is 11.7. The Bertz CT molecular complexity index is 343. The number of rotatable bonds is 3. The number of fused-ring (bicyclic) bond motifs is 1. The molecule has 1 heteroatoms. The van der Waals surface area contributed by atoms with Crippen LogP contribution in [0.15, 0.2) is 18.2 Å². The van der Waals surface area contributed by atoms with E-state index < -0.39 is 0 Å². The molecular weight excluding hydrogens is 194 g/mol. The van der Waals surface area contributed by atoms with E-state index in [1.165, 1.54) is 55.2 Å². The standard InChI is InChI=1S/C15H23N/c1-2-3-6-12-9-10-13-7-4-5-8-15(16)14(13)11-12/h9-11,15H,2-8,16H2,1H3/t15-/m1/s1. The van der Waals surface area contributed by atoms with E-state index in [-0.39, 0.29) is 6.04 Å². The van der Waals surface area contributed by atoms with E-state index in [4.69, 9.17) is 5.73 Å². The molecule has 0 radical (unpaired) electrons. The quantitative estimate of drug-likeness (QED) is 0.767. The molecule has 0 aliphatic heterocycles. The van der Waals surface area contributed by atoms with Crippen LogP contribution >= 0.6 is 0 Å². The van der Waals surface area contributed by atoms with Crippen molar-refractivity contribution in [2.24, 2.45) is 5.73 Å². The first-order valence-corrected chi connectivity index (χ1v) is 6.68. The Morgan fingerprint density at radius 2 is 2.19 bits per heavy atom. The fourth-order valence-corrected chi connectivity index (χ4v) is 2.59. The molecule has 2 N–H and O–H groups in total. The Labute approximate surface area is 99.0 Å². The van der Waals surface area contributed by atoms with Crippen molar-refractivity contribution in [1.29, 1.82) is 0 Å². The summed E-state index contributed by atoms with van der Waals surface area (Å²) in [7, 11) is 0. The number of hydrogen-bond acceptors (Lipinski definition) is 1. The Kier molecular flexibility index (Phi) is 4.00. The van der Waals surface area contributed by atoms with Crippen LogP contribution in [-0.2, 0) is 12.8 Å². The molecule has 1 aromatic carbocycles. The molecular formula is C15H23N. The lowest BCUT2D eigenvalue weighted by molar-refractivity contribution is 0.614. The Morgan fingerprint density at radius 1 is 1.31 bits per heavy atom. The van der Waals surface area contributed by atoms with Crippen LogP contribution in [0, 0.1) is 0 Å². The van der Waals surface area contributed by atoms with Crippen LogP contribution in [0.1, 0.15) is 61.8 Å². The van der Waals surface area contributed by atoms with Crippen LogP contribution in [0.3, 0.4) is 0 Å². The smallest absolute Gasteiger partial charge is 0.0297 e. The molecule has 1 aliphatic rings.